The molecule has 3 rings (SSSR count). The van der Waals surface area contributed by atoms with Crippen molar-refractivity contribution in [3.8, 4) is 0 Å². The minimum atomic E-state index is -3.27. The number of fused-ring (bicyclic) bond motifs is 1. The summed E-state index contributed by atoms with van der Waals surface area (Å²) in [6.45, 7) is 2.90. The van der Waals surface area contributed by atoms with Crippen LogP contribution >= 0.6 is 11.6 Å². The molecule has 8 heteroatoms. The topological polar surface area (TPSA) is 66.9 Å². The molecule has 2 aliphatic rings. The lowest BCUT2D eigenvalue weighted by Gasteiger charge is -2.22. The Morgan fingerprint density at radius 1 is 1.33 bits per heavy atom. The van der Waals surface area contributed by atoms with Crippen molar-refractivity contribution >= 4 is 27.7 Å². The lowest BCUT2D eigenvalue weighted by atomic mass is 10.1. The van der Waals surface area contributed by atoms with Crippen molar-refractivity contribution in [3.05, 3.63) is 34.9 Å². The van der Waals surface area contributed by atoms with Crippen LogP contribution in [0.3, 0.4) is 0 Å². The van der Waals surface area contributed by atoms with E-state index in [2.05, 4.69) is 0 Å². The number of hydrogen-bond donors (Lipinski definition) is 0. The van der Waals surface area contributed by atoms with Crippen molar-refractivity contribution in [2.24, 2.45) is 0 Å². The zero-order chi connectivity index (χ0) is 17.3. The van der Waals surface area contributed by atoms with Crippen molar-refractivity contribution in [1.82, 2.24) is 9.21 Å². The Labute approximate surface area is 147 Å². The zero-order valence-corrected chi connectivity index (χ0v) is 15.1. The Morgan fingerprint density at radius 2 is 2.12 bits per heavy atom. The van der Waals surface area contributed by atoms with Gasteiger partial charge in [-0.15, -0.1) is 0 Å². The summed E-state index contributed by atoms with van der Waals surface area (Å²) in [7, 11) is -3.27. The molecular formula is C16H21ClN2O4S. The molecule has 132 valence electrons. The van der Waals surface area contributed by atoms with E-state index in [1.54, 1.807) is 11.0 Å². The highest BCUT2D eigenvalue weighted by Crippen LogP contribution is 2.29. The van der Waals surface area contributed by atoms with Crippen LogP contribution in [-0.2, 0) is 21.2 Å². The third-order valence-electron chi connectivity index (χ3n) is 4.48. The van der Waals surface area contributed by atoms with Crippen LogP contribution in [0.15, 0.2) is 24.3 Å². The SMILES string of the molecule is CCCS(=O)(=O)N1C[C@@H]2OC(=O)N(CCc3cccc(Cl)c3)[C@@H]2C1. The predicted octanol–water partition coefficient (Wildman–Crippen LogP) is 2.13. The molecular weight excluding hydrogens is 352 g/mol. The number of amides is 1. The highest BCUT2D eigenvalue weighted by atomic mass is 35.5. The first kappa shape index (κ1) is 17.5. The maximum absolute atomic E-state index is 12.2. The minimum absolute atomic E-state index is 0.128. The predicted molar refractivity (Wildman–Crippen MR) is 91.6 cm³/mol. The van der Waals surface area contributed by atoms with Gasteiger partial charge in [0, 0.05) is 18.1 Å². The van der Waals surface area contributed by atoms with Crippen molar-refractivity contribution < 1.29 is 17.9 Å². The normalized spacial score (nSPS) is 24.2. The molecule has 1 aromatic carbocycles. The van der Waals surface area contributed by atoms with Gasteiger partial charge in [-0.25, -0.2) is 13.2 Å². The van der Waals surface area contributed by atoms with E-state index in [9.17, 15) is 13.2 Å². The maximum Gasteiger partial charge on any atom is 0.410 e. The molecule has 6 nitrogen and oxygen atoms in total. The van der Waals surface area contributed by atoms with E-state index in [1.165, 1.54) is 4.31 Å². The Bertz CT molecular complexity index is 725. The molecule has 1 amide bonds. The summed E-state index contributed by atoms with van der Waals surface area (Å²) in [5.41, 5.74) is 1.03. The Balaban J connectivity index is 1.66. The third kappa shape index (κ3) is 3.53. The number of ether oxygens (including phenoxy) is 1. The number of nitrogens with zero attached hydrogens (tertiary/aromatic N) is 2. The monoisotopic (exact) mass is 372 g/mol. The Morgan fingerprint density at radius 3 is 2.83 bits per heavy atom. The highest BCUT2D eigenvalue weighted by Gasteiger charge is 2.49. The average Bonchev–Trinajstić information content (AvgIpc) is 3.03. The lowest BCUT2D eigenvalue weighted by Crippen LogP contribution is -2.40. The van der Waals surface area contributed by atoms with E-state index >= 15 is 0 Å². The van der Waals surface area contributed by atoms with Gasteiger partial charge in [-0.2, -0.15) is 4.31 Å². The second-order valence-electron chi connectivity index (χ2n) is 6.20. The summed E-state index contributed by atoms with van der Waals surface area (Å²) < 4.78 is 31.3. The fourth-order valence-electron chi connectivity index (χ4n) is 3.28. The minimum Gasteiger partial charge on any atom is -0.442 e. The van der Waals surface area contributed by atoms with Gasteiger partial charge in [0.05, 0.1) is 18.3 Å². The van der Waals surface area contributed by atoms with Gasteiger partial charge in [-0.05, 0) is 30.5 Å². The first-order chi connectivity index (χ1) is 11.4. The van der Waals surface area contributed by atoms with Gasteiger partial charge in [0.1, 0.15) is 6.10 Å². The standard InChI is InChI=1S/C16H21ClN2O4S/c1-2-8-24(21,22)18-10-14-15(11-18)23-16(20)19(14)7-6-12-4-3-5-13(17)9-12/h3-5,9,14-15H,2,6-8,10-11H2,1H3/t14-,15+/m1/s1. The van der Waals surface area contributed by atoms with E-state index in [0.29, 0.717) is 31.0 Å². The van der Waals surface area contributed by atoms with Gasteiger partial charge in [0.15, 0.2) is 0 Å². The molecule has 2 fully saturated rings. The number of carbonyl (C=O) groups excluding carboxylic acids is 1. The summed E-state index contributed by atoms with van der Waals surface area (Å²) in [6, 6.07) is 7.30. The fraction of sp³-hybridized carbons (Fsp3) is 0.562. The van der Waals surface area contributed by atoms with Gasteiger partial charge >= 0.3 is 6.09 Å². The summed E-state index contributed by atoms with van der Waals surface area (Å²) in [5, 5.41) is 0.659. The Hall–Kier alpha value is -1.31. The van der Waals surface area contributed by atoms with Gasteiger partial charge in [0.25, 0.3) is 0 Å². The molecule has 0 aromatic heterocycles. The van der Waals surface area contributed by atoms with E-state index < -0.39 is 10.0 Å². The average molecular weight is 373 g/mol. The van der Waals surface area contributed by atoms with E-state index in [4.69, 9.17) is 16.3 Å². The van der Waals surface area contributed by atoms with E-state index in [-0.39, 0.29) is 30.5 Å². The molecule has 0 N–H and O–H groups in total. The van der Waals surface area contributed by atoms with Crippen molar-refractivity contribution in [2.75, 3.05) is 25.4 Å². The molecule has 0 unspecified atom stereocenters. The summed E-state index contributed by atoms with van der Waals surface area (Å²) in [4.78, 5) is 13.7. The third-order valence-corrected chi connectivity index (χ3v) is 6.72. The van der Waals surface area contributed by atoms with E-state index in [0.717, 1.165) is 5.56 Å². The second kappa shape index (κ2) is 6.90. The molecule has 2 saturated heterocycles. The van der Waals surface area contributed by atoms with Crippen molar-refractivity contribution in [1.29, 1.82) is 0 Å². The summed E-state index contributed by atoms with van der Waals surface area (Å²) in [5.74, 6) is 0.128. The molecule has 0 spiro atoms. The first-order valence-corrected chi connectivity index (χ1v) is 10.1. The lowest BCUT2D eigenvalue weighted by molar-refractivity contribution is 0.129. The van der Waals surface area contributed by atoms with Crippen LogP contribution < -0.4 is 0 Å². The number of halogens is 1. The van der Waals surface area contributed by atoms with Crippen LogP contribution in [0.4, 0.5) is 4.79 Å². The van der Waals surface area contributed by atoms with Crippen LogP contribution in [0.25, 0.3) is 0 Å². The fourth-order valence-corrected chi connectivity index (χ4v) is 5.02. The van der Waals surface area contributed by atoms with Crippen molar-refractivity contribution in [2.45, 2.75) is 31.9 Å². The first-order valence-electron chi connectivity index (χ1n) is 8.10. The summed E-state index contributed by atoms with van der Waals surface area (Å²) in [6.07, 6.45) is 0.496. The van der Waals surface area contributed by atoms with Crippen LogP contribution in [0.1, 0.15) is 18.9 Å². The van der Waals surface area contributed by atoms with E-state index in [1.807, 2.05) is 25.1 Å². The Kier molecular flexibility index (Phi) is 5.03. The van der Waals surface area contributed by atoms with Crippen molar-refractivity contribution in [3.63, 3.8) is 0 Å². The van der Waals surface area contributed by atoms with Crippen LogP contribution in [0.5, 0.6) is 0 Å². The number of benzene rings is 1. The molecule has 0 aliphatic carbocycles. The van der Waals surface area contributed by atoms with Gasteiger partial charge in [-0.3, -0.25) is 4.90 Å². The van der Waals surface area contributed by atoms with Crippen LogP contribution in [-0.4, -0.2) is 61.2 Å². The van der Waals surface area contributed by atoms with Crippen LogP contribution in [0, 0.1) is 0 Å². The molecule has 0 bridgehead atoms. The zero-order valence-electron chi connectivity index (χ0n) is 13.5. The number of carbonyl (C=O) groups is 1. The molecule has 0 saturated carbocycles. The molecule has 1 aromatic rings. The molecule has 24 heavy (non-hydrogen) atoms. The van der Waals surface area contributed by atoms with Crippen LogP contribution in [0.2, 0.25) is 5.02 Å². The molecule has 2 heterocycles. The number of rotatable bonds is 6. The quantitative estimate of drug-likeness (QED) is 0.767. The van der Waals surface area contributed by atoms with Gasteiger partial charge < -0.3 is 4.74 Å². The number of hydrogen-bond acceptors (Lipinski definition) is 4. The second-order valence-corrected chi connectivity index (χ2v) is 8.72. The molecule has 0 radical (unpaired) electrons. The smallest absolute Gasteiger partial charge is 0.410 e. The summed E-state index contributed by atoms with van der Waals surface area (Å²) >= 11 is 5.98. The van der Waals surface area contributed by atoms with Gasteiger partial charge in [-0.1, -0.05) is 30.7 Å². The van der Waals surface area contributed by atoms with Gasteiger partial charge in [0.2, 0.25) is 10.0 Å². The maximum atomic E-state index is 12.2. The highest BCUT2D eigenvalue weighted by molar-refractivity contribution is 7.89. The largest absolute Gasteiger partial charge is 0.442 e. The number of sulfonamides is 1. The molecule has 2 aliphatic heterocycles. The molecule has 2 atom stereocenters.